The van der Waals surface area contributed by atoms with Gasteiger partial charge in [0.2, 0.25) is 0 Å². The van der Waals surface area contributed by atoms with E-state index in [9.17, 15) is 0 Å². The van der Waals surface area contributed by atoms with E-state index in [4.69, 9.17) is 9.47 Å². The van der Waals surface area contributed by atoms with Crippen molar-refractivity contribution in [3.05, 3.63) is 95.7 Å². The van der Waals surface area contributed by atoms with Crippen LogP contribution in [0.15, 0.2) is 79.0 Å². The van der Waals surface area contributed by atoms with Crippen molar-refractivity contribution in [3.8, 4) is 11.5 Å². The minimum atomic E-state index is -0.270. The molecule has 156 valence electrons. The molecule has 2 heterocycles. The summed E-state index contributed by atoms with van der Waals surface area (Å²) in [6.45, 7) is 5.14. The van der Waals surface area contributed by atoms with Gasteiger partial charge in [0.15, 0.2) is 0 Å². The third-order valence-electron chi connectivity index (χ3n) is 5.88. The topological polar surface area (TPSA) is 23.4 Å². The zero-order chi connectivity index (χ0) is 21.4. The van der Waals surface area contributed by atoms with Gasteiger partial charge >= 0.3 is 0 Å². The zero-order valence-corrected chi connectivity index (χ0v) is 18.3. The van der Waals surface area contributed by atoms with Crippen molar-refractivity contribution in [3.63, 3.8) is 0 Å². The summed E-state index contributed by atoms with van der Waals surface area (Å²) in [5.41, 5.74) is 5.94. The first-order chi connectivity index (χ1) is 15.0. The number of rotatable bonds is 4. The molecule has 0 saturated carbocycles. The quantitative estimate of drug-likeness (QED) is 0.370. The fourth-order valence-corrected chi connectivity index (χ4v) is 4.48. The fraction of sp³-hybridized carbons (Fsp3) is 0.214. The van der Waals surface area contributed by atoms with Gasteiger partial charge in [-0.25, -0.2) is 0 Å². The minimum absolute atomic E-state index is 0.270. The molecule has 31 heavy (non-hydrogen) atoms. The van der Waals surface area contributed by atoms with Crippen LogP contribution in [-0.4, -0.2) is 17.3 Å². The van der Waals surface area contributed by atoms with Gasteiger partial charge in [-0.05, 0) is 49.3 Å². The summed E-state index contributed by atoms with van der Waals surface area (Å²) in [6, 6.07) is 25.4. The lowest BCUT2D eigenvalue weighted by atomic mass is 9.88. The van der Waals surface area contributed by atoms with E-state index in [0.29, 0.717) is 0 Å². The molecule has 0 unspecified atom stereocenters. The molecule has 1 aliphatic rings. The second-order valence-corrected chi connectivity index (χ2v) is 8.79. The van der Waals surface area contributed by atoms with E-state index in [1.54, 1.807) is 7.11 Å². The van der Waals surface area contributed by atoms with Gasteiger partial charge < -0.3 is 14.0 Å². The molecule has 1 aromatic heterocycles. The Morgan fingerprint density at radius 3 is 2.58 bits per heavy atom. The van der Waals surface area contributed by atoms with Crippen molar-refractivity contribution >= 4 is 22.6 Å². The van der Waals surface area contributed by atoms with Crippen LogP contribution >= 0.6 is 0 Å². The summed E-state index contributed by atoms with van der Waals surface area (Å²) in [5.74, 6) is 1.70. The number of benzene rings is 3. The lowest BCUT2D eigenvalue weighted by molar-refractivity contribution is 0.107. The molecule has 0 fully saturated rings. The molecule has 0 amide bonds. The number of methoxy groups -OCH3 is 1. The standard InChI is InChI=1S/C28H27NO2/c1-28(2)17-21(25-14-13-23(30-3)16-27(25)31-28)15-22-19-29(18-20-9-5-4-6-10-20)26-12-8-7-11-24(22)26/h4-16,19H,17-18H2,1-3H3/b21-15+. The molecular formula is C28H27NO2. The molecule has 3 nitrogen and oxygen atoms in total. The van der Waals surface area contributed by atoms with Crippen LogP contribution in [0.25, 0.3) is 22.6 Å². The smallest absolute Gasteiger partial charge is 0.131 e. The van der Waals surface area contributed by atoms with Crippen LogP contribution < -0.4 is 9.47 Å². The zero-order valence-electron chi connectivity index (χ0n) is 18.3. The highest BCUT2D eigenvalue weighted by atomic mass is 16.5. The molecule has 0 aliphatic carbocycles. The van der Waals surface area contributed by atoms with Crippen LogP contribution in [0.5, 0.6) is 11.5 Å². The lowest BCUT2D eigenvalue weighted by Gasteiger charge is -2.34. The van der Waals surface area contributed by atoms with Crippen LogP contribution in [0.2, 0.25) is 0 Å². The minimum Gasteiger partial charge on any atom is -0.497 e. The number of hydrogen-bond acceptors (Lipinski definition) is 2. The van der Waals surface area contributed by atoms with E-state index < -0.39 is 0 Å². The van der Waals surface area contributed by atoms with Crippen LogP contribution in [0.4, 0.5) is 0 Å². The second-order valence-electron chi connectivity index (χ2n) is 8.79. The fourth-order valence-electron chi connectivity index (χ4n) is 4.48. The highest BCUT2D eigenvalue weighted by Gasteiger charge is 2.30. The van der Waals surface area contributed by atoms with Crippen molar-refractivity contribution in [2.75, 3.05) is 7.11 Å². The van der Waals surface area contributed by atoms with Crippen molar-refractivity contribution in [2.24, 2.45) is 0 Å². The van der Waals surface area contributed by atoms with Crippen LogP contribution in [0.3, 0.4) is 0 Å². The third-order valence-corrected chi connectivity index (χ3v) is 5.88. The maximum atomic E-state index is 6.28. The van der Waals surface area contributed by atoms with Crippen LogP contribution in [-0.2, 0) is 6.54 Å². The Morgan fingerprint density at radius 2 is 1.77 bits per heavy atom. The van der Waals surface area contributed by atoms with Gasteiger partial charge in [-0.2, -0.15) is 0 Å². The predicted octanol–water partition coefficient (Wildman–Crippen LogP) is 6.80. The third kappa shape index (κ3) is 3.84. The average Bonchev–Trinajstić information content (AvgIpc) is 3.10. The Balaban J connectivity index is 1.62. The van der Waals surface area contributed by atoms with Crippen molar-refractivity contribution in [1.82, 2.24) is 4.57 Å². The summed E-state index contributed by atoms with van der Waals surface area (Å²) in [4.78, 5) is 0. The summed E-state index contributed by atoms with van der Waals surface area (Å²) in [6.07, 6.45) is 5.46. The maximum absolute atomic E-state index is 6.28. The van der Waals surface area contributed by atoms with E-state index in [1.165, 1.54) is 27.6 Å². The number of ether oxygens (including phenoxy) is 2. The van der Waals surface area contributed by atoms with Crippen molar-refractivity contribution in [2.45, 2.75) is 32.4 Å². The summed E-state index contributed by atoms with van der Waals surface area (Å²) in [5, 5.41) is 1.27. The number of hydrogen-bond donors (Lipinski definition) is 0. The maximum Gasteiger partial charge on any atom is 0.131 e. The van der Waals surface area contributed by atoms with Crippen molar-refractivity contribution in [1.29, 1.82) is 0 Å². The number of para-hydroxylation sites is 1. The summed E-state index contributed by atoms with van der Waals surface area (Å²) >= 11 is 0. The molecule has 0 bridgehead atoms. The first-order valence-corrected chi connectivity index (χ1v) is 10.7. The molecule has 0 atom stereocenters. The predicted molar refractivity (Wildman–Crippen MR) is 128 cm³/mol. The first kappa shape index (κ1) is 19.5. The van der Waals surface area contributed by atoms with E-state index in [1.807, 2.05) is 12.1 Å². The lowest BCUT2D eigenvalue weighted by Crippen LogP contribution is -2.32. The average molecular weight is 410 g/mol. The first-order valence-electron chi connectivity index (χ1n) is 10.7. The molecule has 3 heteroatoms. The molecule has 0 radical (unpaired) electrons. The summed E-state index contributed by atoms with van der Waals surface area (Å²) < 4.78 is 14.0. The molecule has 0 saturated heterocycles. The molecule has 0 N–H and O–H groups in total. The van der Waals surface area contributed by atoms with E-state index in [-0.39, 0.29) is 5.60 Å². The normalized spacial score (nSPS) is 16.2. The van der Waals surface area contributed by atoms with Gasteiger partial charge in [-0.1, -0.05) is 48.5 Å². The number of aromatic nitrogens is 1. The van der Waals surface area contributed by atoms with E-state index >= 15 is 0 Å². The molecule has 1 aliphatic heterocycles. The summed E-state index contributed by atoms with van der Waals surface area (Å²) in [7, 11) is 1.69. The van der Waals surface area contributed by atoms with Gasteiger partial charge in [0.05, 0.1) is 7.11 Å². The number of nitrogens with zero attached hydrogens (tertiary/aromatic N) is 1. The molecule has 3 aromatic carbocycles. The number of fused-ring (bicyclic) bond motifs is 2. The van der Waals surface area contributed by atoms with Crippen LogP contribution in [0, 0.1) is 0 Å². The largest absolute Gasteiger partial charge is 0.497 e. The SMILES string of the molecule is COc1ccc2c(c1)OC(C)(C)C/C2=C\c1cn(Cc2ccccc2)c2ccccc12. The second kappa shape index (κ2) is 7.66. The Bertz CT molecular complexity index is 1260. The highest BCUT2D eigenvalue weighted by molar-refractivity contribution is 5.96. The molecule has 0 spiro atoms. The van der Waals surface area contributed by atoms with Gasteiger partial charge in [-0.15, -0.1) is 0 Å². The van der Waals surface area contributed by atoms with Crippen molar-refractivity contribution < 1.29 is 9.47 Å². The monoisotopic (exact) mass is 409 g/mol. The van der Waals surface area contributed by atoms with Gasteiger partial charge in [-0.3, -0.25) is 0 Å². The van der Waals surface area contributed by atoms with Crippen LogP contribution in [0.1, 0.15) is 37.0 Å². The Kier molecular flexibility index (Phi) is 4.82. The van der Waals surface area contributed by atoms with Gasteiger partial charge in [0.1, 0.15) is 17.1 Å². The van der Waals surface area contributed by atoms with E-state index in [2.05, 4.69) is 91.4 Å². The molecule has 4 aromatic rings. The van der Waals surface area contributed by atoms with E-state index in [0.717, 1.165) is 30.0 Å². The van der Waals surface area contributed by atoms with Gasteiger partial charge in [0.25, 0.3) is 0 Å². The Hall–Kier alpha value is -3.46. The Labute approximate surface area is 183 Å². The van der Waals surface area contributed by atoms with Gasteiger partial charge in [0, 0.05) is 47.3 Å². The highest BCUT2D eigenvalue weighted by Crippen LogP contribution is 2.43. The molecular weight excluding hydrogens is 382 g/mol. The Morgan fingerprint density at radius 1 is 1.00 bits per heavy atom. The molecule has 5 rings (SSSR count).